The van der Waals surface area contributed by atoms with Crippen molar-refractivity contribution >= 4 is 11.9 Å². The van der Waals surface area contributed by atoms with E-state index >= 15 is 0 Å². The van der Waals surface area contributed by atoms with E-state index in [1.54, 1.807) is 12.3 Å². The number of hydrogen-bond donors (Lipinski definition) is 0. The van der Waals surface area contributed by atoms with Crippen molar-refractivity contribution in [3.63, 3.8) is 0 Å². The van der Waals surface area contributed by atoms with E-state index in [1.165, 1.54) is 5.56 Å². The van der Waals surface area contributed by atoms with Crippen LogP contribution in [-0.2, 0) is 7.05 Å². The van der Waals surface area contributed by atoms with Gasteiger partial charge in [-0.3, -0.25) is 4.99 Å². The summed E-state index contributed by atoms with van der Waals surface area (Å²) in [7, 11) is 1.99. The number of hydrogen-bond acceptors (Lipinski definition) is 1. The van der Waals surface area contributed by atoms with Gasteiger partial charge in [-0.1, -0.05) is 12.7 Å². The molecule has 0 aliphatic carbocycles. The quantitative estimate of drug-likeness (QED) is 0.572. The summed E-state index contributed by atoms with van der Waals surface area (Å²) in [6, 6.07) is 0. The van der Waals surface area contributed by atoms with Crippen molar-refractivity contribution in [2.24, 2.45) is 12.0 Å². The monoisotopic (exact) mass is 148 g/mol. The number of allylic oxidation sites excluding steroid dienone is 1. The molecule has 1 aromatic rings. The lowest BCUT2D eigenvalue weighted by Gasteiger charge is -1.85. The van der Waals surface area contributed by atoms with Crippen molar-refractivity contribution in [3.05, 3.63) is 30.6 Å². The molecule has 1 rings (SSSR count). The number of aromatic nitrogens is 1. The fourth-order valence-corrected chi connectivity index (χ4v) is 0.972. The minimum atomic E-state index is 1.01. The number of aliphatic imine (C=N–C) groups is 1. The summed E-state index contributed by atoms with van der Waals surface area (Å²) < 4.78 is 1.99. The maximum absolute atomic E-state index is 4.18. The van der Waals surface area contributed by atoms with Gasteiger partial charge in [-0.2, -0.15) is 0 Å². The molecule has 0 saturated heterocycles. The zero-order valence-electron chi connectivity index (χ0n) is 6.91. The van der Waals surface area contributed by atoms with Gasteiger partial charge in [0.05, 0.1) is 5.69 Å². The summed E-state index contributed by atoms with van der Waals surface area (Å²) in [5.74, 6) is 0. The molecule has 0 aliphatic rings. The van der Waals surface area contributed by atoms with Crippen molar-refractivity contribution in [1.82, 2.24) is 4.57 Å². The Labute approximate surface area is 66.9 Å². The van der Waals surface area contributed by atoms with E-state index in [4.69, 9.17) is 0 Å². The Morgan fingerprint density at radius 2 is 2.27 bits per heavy atom. The second-order valence-corrected chi connectivity index (χ2v) is 2.51. The number of nitrogens with zero attached hydrogens (tertiary/aromatic N) is 2. The summed E-state index contributed by atoms with van der Waals surface area (Å²) in [5.41, 5.74) is 2.19. The molecule has 0 radical (unpaired) electrons. The summed E-state index contributed by atoms with van der Waals surface area (Å²) in [5, 5.41) is 0. The Morgan fingerprint density at radius 1 is 1.55 bits per heavy atom. The van der Waals surface area contributed by atoms with E-state index in [0.717, 1.165) is 5.69 Å². The maximum Gasteiger partial charge on any atom is 0.0835 e. The summed E-state index contributed by atoms with van der Waals surface area (Å²) in [6.45, 7) is 5.59. The van der Waals surface area contributed by atoms with E-state index in [1.807, 2.05) is 30.9 Å². The summed E-state index contributed by atoms with van der Waals surface area (Å²) in [6.07, 6.45) is 7.39. The van der Waals surface area contributed by atoms with Gasteiger partial charge in [-0.25, -0.2) is 0 Å². The van der Waals surface area contributed by atoms with Crippen LogP contribution in [0.25, 0.3) is 0 Å². The molecule has 0 atom stereocenters. The van der Waals surface area contributed by atoms with E-state index in [0.29, 0.717) is 0 Å². The lowest BCUT2D eigenvalue weighted by molar-refractivity contribution is 0.925. The van der Waals surface area contributed by atoms with E-state index in [9.17, 15) is 0 Å². The van der Waals surface area contributed by atoms with Crippen molar-refractivity contribution in [1.29, 1.82) is 0 Å². The molecule has 0 spiro atoms. The van der Waals surface area contributed by atoms with E-state index in [-0.39, 0.29) is 0 Å². The van der Waals surface area contributed by atoms with Gasteiger partial charge in [0, 0.05) is 25.7 Å². The SMILES string of the molecule is C=CC=Nc1cn(C)cc1C. The molecule has 0 unspecified atom stereocenters. The summed E-state index contributed by atoms with van der Waals surface area (Å²) >= 11 is 0. The van der Waals surface area contributed by atoms with Crippen LogP contribution in [0.3, 0.4) is 0 Å². The van der Waals surface area contributed by atoms with Gasteiger partial charge in [0.15, 0.2) is 0 Å². The highest BCUT2D eigenvalue weighted by Gasteiger charge is 1.95. The van der Waals surface area contributed by atoms with Crippen LogP contribution in [0, 0.1) is 6.92 Å². The predicted octanol–water partition coefficient (Wildman–Crippen LogP) is 2.22. The molecule has 1 aromatic heterocycles. The largest absolute Gasteiger partial charge is 0.355 e. The first-order valence-electron chi connectivity index (χ1n) is 3.51. The average Bonchev–Trinajstić information content (AvgIpc) is 2.26. The van der Waals surface area contributed by atoms with Crippen LogP contribution in [0.1, 0.15) is 5.56 Å². The first-order valence-corrected chi connectivity index (χ1v) is 3.51. The van der Waals surface area contributed by atoms with Crippen LogP contribution in [-0.4, -0.2) is 10.8 Å². The Morgan fingerprint density at radius 3 is 2.73 bits per heavy atom. The highest BCUT2D eigenvalue weighted by atomic mass is 14.9. The zero-order valence-corrected chi connectivity index (χ0v) is 6.91. The average molecular weight is 148 g/mol. The maximum atomic E-state index is 4.18. The third-order valence-corrected chi connectivity index (χ3v) is 1.45. The first kappa shape index (κ1) is 7.79. The van der Waals surface area contributed by atoms with Gasteiger partial charge in [0.2, 0.25) is 0 Å². The molecule has 58 valence electrons. The van der Waals surface area contributed by atoms with Gasteiger partial charge < -0.3 is 4.57 Å². The van der Waals surface area contributed by atoms with Crippen LogP contribution in [0.5, 0.6) is 0 Å². The number of rotatable bonds is 2. The van der Waals surface area contributed by atoms with Gasteiger partial charge in [0.1, 0.15) is 0 Å². The van der Waals surface area contributed by atoms with Crippen LogP contribution in [0.15, 0.2) is 30.0 Å². The number of aryl methyl sites for hydroxylation is 2. The molecule has 0 N–H and O–H groups in total. The Hall–Kier alpha value is -1.31. The van der Waals surface area contributed by atoms with Crippen LogP contribution >= 0.6 is 0 Å². The second kappa shape index (κ2) is 3.19. The lowest BCUT2D eigenvalue weighted by Crippen LogP contribution is -1.76. The topological polar surface area (TPSA) is 17.3 Å². The predicted molar refractivity (Wildman–Crippen MR) is 48.5 cm³/mol. The minimum Gasteiger partial charge on any atom is -0.355 e. The van der Waals surface area contributed by atoms with E-state index in [2.05, 4.69) is 11.6 Å². The molecular formula is C9H12N2. The fourth-order valence-electron chi connectivity index (χ4n) is 0.972. The van der Waals surface area contributed by atoms with Crippen LogP contribution in [0.4, 0.5) is 5.69 Å². The smallest absolute Gasteiger partial charge is 0.0835 e. The standard InChI is InChI=1S/C9H12N2/c1-4-5-10-9-7-11(3)6-8(9)2/h4-7H,1H2,2-3H3. The van der Waals surface area contributed by atoms with Crippen molar-refractivity contribution in [2.45, 2.75) is 6.92 Å². The molecule has 0 aromatic carbocycles. The zero-order chi connectivity index (χ0) is 8.27. The van der Waals surface area contributed by atoms with Gasteiger partial charge in [-0.15, -0.1) is 0 Å². The molecule has 0 bridgehead atoms. The van der Waals surface area contributed by atoms with Crippen molar-refractivity contribution < 1.29 is 0 Å². The summed E-state index contributed by atoms with van der Waals surface area (Å²) in [4.78, 5) is 4.18. The first-order chi connectivity index (χ1) is 5.24. The molecule has 11 heavy (non-hydrogen) atoms. The van der Waals surface area contributed by atoms with Gasteiger partial charge in [-0.05, 0) is 12.5 Å². The molecule has 0 saturated carbocycles. The normalized spacial score (nSPS) is 10.7. The minimum absolute atomic E-state index is 1.01. The molecular weight excluding hydrogens is 136 g/mol. The third kappa shape index (κ3) is 1.80. The Kier molecular flexibility index (Phi) is 2.26. The van der Waals surface area contributed by atoms with Crippen LogP contribution in [0.2, 0.25) is 0 Å². The molecule has 0 amide bonds. The molecule has 0 fully saturated rings. The highest BCUT2D eigenvalue weighted by molar-refractivity contribution is 5.74. The van der Waals surface area contributed by atoms with Crippen LogP contribution < -0.4 is 0 Å². The van der Waals surface area contributed by atoms with Crippen molar-refractivity contribution in [3.8, 4) is 0 Å². The lowest BCUT2D eigenvalue weighted by atomic mass is 10.3. The van der Waals surface area contributed by atoms with Crippen molar-refractivity contribution in [2.75, 3.05) is 0 Å². The van der Waals surface area contributed by atoms with Gasteiger partial charge >= 0.3 is 0 Å². The fraction of sp³-hybridized carbons (Fsp3) is 0.222. The Balaban J connectivity index is 2.93. The second-order valence-electron chi connectivity index (χ2n) is 2.51. The molecule has 2 nitrogen and oxygen atoms in total. The Bertz CT molecular complexity index is 282. The molecule has 1 heterocycles. The third-order valence-electron chi connectivity index (χ3n) is 1.45. The van der Waals surface area contributed by atoms with E-state index < -0.39 is 0 Å². The molecule has 2 heteroatoms. The van der Waals surface area contributed by atoms with Gasteiger partial charge in [0.25, 0.3) is 0 Å². The molecule has 0 aliphatic heterocycles. The highest BCUT2D eigenvalue weighted by Crippen LogP contribution is 2.17.